The van der Waals surface area contributed by atoms with Crippen LogP contribution in [0.4, 0.5) is 5.69 Å². The van der Waals surface area contributed by atoms with Crippen LogP contribution >= 0.6 is 0 Å². The molecule has 1 rings (SSSR count). The summed E-state index contributed by atoms with van der Waals surface area (Å²) in [5.74, 6) is 0. The Morgan fingerprint density at radius 1 is 1.30 bits per heavy atom. The molecular weight excluding hydrogens is 127 g/mol. The topological polar surface area (TPSA) is 20.3 Å². The van der Waals surface area contributed by atoms with Crippen molar-refractivity contribution in [1.29, 1.82) is 0 Å². The molecule has 2 heteroatoms. The molecule has 0 aliphatic heterocycles. The lowest BCUT2D eigenvalue weighted by Gasteiger charge is -2.08. The van der Waals surface area contributed by atoms with Crippen molar-refractivity contribution in [1.82, 2.24) is 0 Å². The minimum absolute atomic E-state index is 0.787. The van der Waals surface area contributed by atoms with Crippen LogP contribution in [-0.2, 0) is 4.79 Å². The summed E-state index contributed by atoms with van der Waals surface area (Å²) in [6.45, 7) is 0. The van der Waals surface area contributed by atoms with E-state index in [1.807, 2.05) is 30.3 Å². The van der Waals surface area contributed by atoms with E-state index in [1.54, 1.807) is 7.05 Å². The SMILES string of the molecule is CN([13CH]=O)c1ccccc1. The lowest BCUT2D eigenvalue weighted by molar-refractivity contribution is -0.107. The molecule has 0 fully saturated rings. The highest BCUT2D eigenvalue weighted by Gasteiger charge is 1.93. The van der Waals surface area contributed by atoms with Gasteiger partial charge in [0.15, 0.2) is 0 Å². The minimum atomic E-state index is 0.787. The summed E-state index contributed by atoms with van der Waals surface area (Å²) < 4.78 is 0. The van der Waals surface area contributed by atoms with E-state index < -0.39 is 0 Å². The van der Waals surface area contributed by atoms with Gasteiger partial charge in [0.05, 0.1) is 0 Å². The minimum Gasteiger partial charge on any atom is -0.318 e. The second-order valence-corrected chi connectivity index (χ2v) is 2.05. The van der Waals surface area contributed by atoms with Gasteiger partial charge in [0.1, 0.15) is 0 Å². The van der Waals surface area contributed by atoms with Crippen LogP contribution in [0.5, 0.6) is 0 Å². The van der Waals surface area contributed by atoms with Crippen molar-refractivity contribution >= 4 is 12.1 Å². The molecule has 0 aromatic heterocycles. The quantitative estimate of drug-likeness (QED) is 0.443. The van der Waals surface area contributed by atoms with Crippen LogP contribution in [0.15, 0.2) is 30.3 Å². The maximum absolute atomic E-state index is 10.2. The number of amides is 1. The normalized spacial score (nSPS) is 8.90. The first-order valence-electron chi connectivity index (χ1n) is 3.08. The van der Waals surface area contributed by atoms with Crippen molar-refractivity contribution in [2.75, 3.05) is 11.9 Å². The summed E-state index contributed by atoms with van der Waals surface area (Å²) in [5, 5.41) is 0. The van der Waals surface area contributed by atoms with Gasteiger partial charge in [-0.15, -0.1) is 0 Å². The summed E-state index contributed by atoms with van der Waals surface area (Å²) in [6.07, 6.45) is 0.787. The van der Waals surface area contributed by atoms with Crippen LogP contribution in [0.2, 0.25) is 0 Å². The van der Waals surface area contributed by atoms with Crippen molar-refractivity contribution in [3.05, 3.63) is 30.3 Å². The fourth-order valence-electron chi connectivity index (χ4n) is 0.724. The Kier molecular flexibility index (Phi) is 2.05. The van der Waals surface area contributed by atoms with Gasteiger partial charge in [-0.2, -0.15) is 0 Å². The molecule has 1 amide bonds. The third-order valence-corrected chi connectivity index (χ3v) is 1.32. The first-order valence-corrected chi connectivity index (χ1v) is 3.08. The molecule has 0 unspecified atom stereocenters. The Hall–Kier alpha value is -1.31. The summed E-state index contributed by atoms with van der Waals surface area (Å²) >= 11 is 0. The predicted molar refractivity (Wildman–Crippen MR) is 40.9 cm³/mol. The number of hydrogen-bond acceptors (Lipinski definition) is 1. The summed E-state index contributed by atoms with van der Waals surface area (Å²) in [6, 6.07) is 9.48. The van der Waals surface area contributed by atoms with E-state index >= 15 is 0 Å². The fourth-order valence-corrected chi connectivity index (χ4v) is 0.724. The van der Waals surface area contributed by atoms with Gasteiger partial charge in [-0.05, 0) is 12.1 Å². The highest BCUT2D eigenvalue weighted by molar-refractivity contribution is 5.73. The van der Waals surface area contributed by atoms with Gasteiger partial charge in [0.2, 0.25) is 6.41 Å². The molecule has 0 saturated heterocycles. The van der Waals surface area contributed by atoms with Crippen LogP contribution in [-0.4, -0.2) is 13.5 Å². The molecule has 0 aliphatic carbocycles. The average molecular weight is 136 g/mol. The molecule has 0 saturated carbocycles. The highest BCUT2D eigenvalue weighted by Crippen LogP contribution is 2.07. The highest BCUT2D eigenvalue weighted by atomic mass is 16.2. The third kappa shape index (κ3) is 1.35. The lowest BCUT2D eigenvalue weighted by Crippen LogP contribution is -2.12. The Labute approximate surface area is 60.1 Å². The van der Waals surface area contributed by atoms with E-state index in [0.717, 1.165) is 12.1 Å². The maximum atomic E-state index is 10.2. The van der Waals surface area contributed by atoms with E-state index in [1.165, 1.54) is 4.90 Å². The van der Waals surface area contributed by atoms with Gasteiger partial charge in [-0.3, -0.25) is 4.79 Å². The van der Waals surface area contributed by atoms with Crippen molar-refractivity contribution in [3.8, 4) is 0 Å². The summed E-state index contributed by atoms with van der Waals surface area (Å²) in [5.41, 5.74) is 0.914. The van der Waals surface area contributed by atoms with Gasteiger partial charge in [-0.25, -0.2) is 0 Å². The zero-order valence-electron chi connectivity index (χ0n) is 5.82. The zero-order chi connectivity index (χ0) is 7.40. The molecule has 0 radical (unpaired) electrons. The smallest absolute Gasteiger partial charge is 0.213 e. The zero-order valence-corrected chi connectivity index (χ0v) is 5.82. The molecular formula is C8H9NO. The molecule has 0 bridgehead atoms. The first-order chi connectivity index (χ1) is 4.84. The van der Waals surface area contributed by atoms with Crippen molar-refractivity contribution in [2.24, 2.45) is 0 Å². The van der Waals surface area contributed by atoms with Crippen LogP contribution in [0.1, 0.15) is 0 Å². The molecule has 2 nitrogen and oxygen atoms in total. The van der Waals surface area contributed by atoms with Crippen molar-refractivity contribution in [3.63, 3.8) is 0 Å². The number of hydrogen-bond donors (Lipinski definition) is 0. The Balaban J connectivity index is 2.84. The number of benzene rings is 1. The monoisotopic (exact) mass is 136 g/mol. The molecule has 10 heavy (non-hydrogen) atoms. The largest absolute Gasteiger partial charge is 0.318 e. The Morgan fingerprint density at radius 3 is 2.40 bits per heavy atom. The van der Waals surface area contributed by atoms with E-state index in [0.29, 0.717) is 0 Å². The number of rotatable bonds is 2. The second-order valence-electron chi connectivity index (χ2n) is 2.05. The van der Waals surface area contributed by atoms with Crippen molar-refractivity contribution in [2.45, 2.75) is 0 Å². The number of carbonyl (C=O) groups is 1. The lowest BCUT2D eigenvalue weighted by atomic mass is 10.3. The first kappa shape index (κ1) is 6.81. The average Bonchev–Trinajstić information content (AvgIpc) is 2.05. The number of anilines is 1. The summed E-state index contributed by atoms with van der Waals surface area (Å²) in [4.78, 5) is 11.8. The maximum Gasteiger partial charge on any atom is 0.213 e. The standard InChI is InChI=1S/C8H9NO/c1-9(7-10)8-5-3-2-4-6-8/h2-7H,1H3/i7+1. The molecule has 52 valence electrons. The van der Waals surface area contributed by atoms with Gasteiger partial charge in [-0.1, -0.05) is 18.2 Å². The van der Waals surface area contributed by atoms with E-state index in [9.17, 15) is 4.79 Å². The molecule has 0 atom stereocenters. The molecule has 0 aliphatic rings. The van der Waals surface area contributed by atoms with Gasteiger partial charge >= 0.3 is 0 Å². The van der Waals surface area contributed by atoms with Gasteiger partial charge < -0.3 is 4.90 Å². The summed E-state index contributed by atoms with van der Waals surface area (Å²) in [7, 11) is 1.72. The van der Waals surface area contributed by atoms with Crippen LogP contribution in [0.3, 0.4) is 0 Å². The number of nitrogens with zero attached hydrogens (tertiary/aromatic N) is 1. The molecule has 1 aromatic carbocycles. The van der Waals surface area contributed by atoms with Crippen LogP contribution < -0.4 is 4.90 Å². The molecule has 0 heterocycles. The second kappa shape index (κ2) is 3.01. The predicted octanol–water partition coefficient (Wildman–Crippen LogP) is 1.28. The van der Waals surface area contributed by atoms with Crippen LogP contribution in [0.25, 0.3) is 0 Å². The fraction of sp³-hybridized carbons (Fsp3) is 0.125. The van der Waals surface area contributed by atoms with Crippen molar-refractivity contribution < 1.29 is 4.79 Å². The third-order valence-electron chi connectivity index (χ3n) is 1.32. The number of carbonyl (C=O) groups excluding carboxylic acids is 1. The van der Waals surface area contributed by atoms with Gasteiger partial charge in [0, 0.05) is 12.7 Å². The van der Waals surface area contributed by atoms with E-state index in [4.69, 9.17) is 0 Å². The van der Waals surface area contributed by atoms with Crippen LogP contribution in [0, 0.1) is 0 Å². The number of para-hydroxylation sites is 1. The molecule has 0 N–H and O–H groups in total. The Morgan fingerprint density at radius 2 is 1.90 bits per heavy atom. The molecule has 1 aromatic rings. The van der Waals surface area contributed by atoms with Gasteiger partial charge in [0.25, 0.3) is 0 Å². The molecule has 0 spiro atoms. The van der Waals surface area contributed by atoms with E-state index in [-0.39, 0.29) is 0 Å². The Bertz CT molecular complexity index is 208. The van der Waals surface area contributed by atoms with E-state index in [2.05, 4.69) is 0 Å².